The molecule has 1 N–H and O–H groups in total. The highest BCUT2D eigenvalue weighted by atomic mass is 32.2. The molecule has 4 rings (SSSR count). The molecule has 1 heterocycles. The molecule has 3 aromatic carbocycles. The molecule has 6 nitrogen and oxygen atoms in total. The van der Waals surface area contributed by atoms with Gasteiger partial charge in [0.1, 0.15) is 0 Å². The van der Waals surface area contributed by atoms with E-state index in [1.165, 1.54) is 22.5 Å². The maximum Gasteiger partial charge on any atom is 0.416 e. The van der Waals surface area contributed by atoms with Gasteiger partial charge in [-0.15, -0.1) is 0 Å². The average molecular weight is 504 g/mol. The number of benzene rings is 3. The first kappa shape index (κ1) is 24.7. The third kappa shape index (κ3) is 5.49. The Kier molecular flexibility index (Phi) is 6.86. The van der Waals surface area contributed by atoms with Gasteiger partial charge in [0, 0.05) is 43.1 Å². The maximum atomic E-state index is 13.2. The molecule has 184 valence electrons. The van der Waals surface area contributed by atoms with Crippen molar-refractivity contribution in [1.29, 1.82) is 0 Å². The second kappa shape index (κ2) is 9.71. The number of nitrogens with one attached hydrogen (secondary N) is 1. The molecule has 1 fully saturated rings. The highest BCUT2D eigenvalue weighted by Crippen LogP contribution is 2.32. The van der Waals surface area contributed by atoms with Gasteiger partial charge in [-0.05, 0) is 61.0 Å². The summed E-state index contributed by atoms with van der Waals surface area (Å²) in [6.45, 7) is 2.54. The van der Waals surface area contributed by atoms with Gasteiger partial charge in [0.05, 0.1) is 10.5 Å². The fourth-order valence-corrected chi connectivity index (χ4v) is 5.44. The van der Waals surface area contributed by atoms with E-state index in [1.807, 2.05) is 0 Å². The van der Waals surface area contributed by atoms with E-state index in [1.54, 1.807) is 54.3 Å². The van der Waals surface area contributed by atoms with Crippen molar-refractivity contribution in [1.82, 2.24) is 4.31 Å². The van der Waals surface area contributed by atoms with E-state index in [-0.39, 0.29) is 37.0 Å². The van der Waals surface area contributed by atoms with E-state index in [2.05, 4.69) is 5.32 Å². The van der Waals surface area contributed by atoms with E-state index in [4.69, 9.17) is 0 Å². The Morgan fingerprint density at radius 3 is 2.20 bits per heavy atom. The second-order valence-electron chi connectivity index (χ2n) is 8.24. The van der Waals surface area contributed by atoms with Crippen LogP contribution in [0.25, 0.3) is 0 Å². The lowest BCUT2D eigenvalue weighted by atomic mass is 10.1. The normalized spacial score (nSPS) is 15.1. The summed E-state index contributed by atoms with van der Waals surface area (Å²) in [5.74, 6) is -0.296. The lowest BCUT2D eigenvalue weighted by Crippen LogP contribution is -2.48. The smallest absolute Gasteiger partial charge is 0.369 e. The third-order valence-electron chi connectivity index (χ3n) is 5.90. The molecule has 3 aromatic rings. The number of amides is 1. The minimum absolute atomic E-state index is 0.0974. The van der Waals surface area contributed by atoms with Crippen molar-refractivity contribution in [3.63, 3.8) is 0 Å². The zero-order valence-corrected chi connectivity index (χ0v) is 19.7. The van der Waals surface area contributed by atoms with Crippen LogP contribution in [-0.4, -0.2) is 44.8 Å². The molecular weight excluding hydrogens is 479 g/mol. The molecule has 1 amide bonds. The van der Waals surface area contributed by atoms with E-state index in [0.29, 0.717) is 22.5 Å². The number of hydrogen-bond donors (Lipinski definition) is 1. The summed E-state index contributed by atoms with van der Waals surface area (Å²) in [5, 5.41) is 2.79. The Morgan fingerprint density at radius 2 is 1.57 bits per heavy atom. The van der Waals surface area contributed by atoms with Gasteiger partial charge in [-0.3, -0.25) is 4.79 Å². The predicted octanol–water partition coefficient (Wildman–Crippen LogP) is 4.78. The number of hydrogen-bond acceptors (Lipinski definition) is 4. The van der Waals surface area contributed by atoms with Crippen molar-refractivity contribution < 1.29 is 26.4 Å². The fourth-order valence-electron chi connectivity index (χ4n) is 3.94. The van der Waals surface area contributed by atoms with Gasteiger partial charge < -0.3 is 10.2 Å². The number of alkyl halides is 3. The number of carbonyl (C=O) groups is 1. The van der Waals surface area contributed by atoms with E-state index in [0.717, 1.165) is 12.1 Å². The maximum absolute atomic E-state index is 13.2. The van der Waals surface area contributed by atoms with Crippen molar-refractivity contribution in [2.45, 2.75) is 18.0 Å². The van der Waals surface area contributed by atoms with Gasteiger partial charge >= 0.3 is 6.18 Å². The summed E-state index contributed by atoms with van der Waals surface area (Å²) in [4.78, 5) is 14.3. The molecule has 0 aromatic heterocycles. The monoisotopic (exact) mass is 503 g/mol. The van der Waals surface area contributed by atoms with E-state index < -0.39 is 21.8 Å². The summed E-state index contributed by atoms with van der Waals surface area (Å²) in [7, 11) is -3.80. The molecule has 1 aliphatic heterocycles. The van der Waals surface area contributed by atoms with E-state index >= 15 is 0 Å². The number of piperazine rings is 1. The van der Waals surface area contributed by atoms with E-state index in [9.17, 15) is 26.4 Å². The molecular formula is C25H24F3N3O3S. The predicted molar refractivity (Wildman–Crippen MR) is 128 cm³/mol. The lowest BCUT2D eigenvalue weighted by molar-refractivity contribution is -0.137. The van der Waals surface area contributed by atoms with Crippen LogP contribution in [0.2, 0.25) is 0 Å². The Hall–Kier alpha value is -3.37. The minimum atomic E-state index is -4.44. The zero-order chi connectivity index (χ0) is 25.2. The highest BCUT2D eigenvalue weighted by molar-refractivity contribution is 7.89. The molecule has 0 saturated carbocycles. The van der Waals surface area contributed by atoms with Crippen LogP contribution in [0.4, 0.5) is 24.5 Å². The summed E-state index contributed by atoms with van der Waals surface area (Å²) in [6, 6.07) is 18.2. The van der Waals surface area contributed by atoms with Crippen molar-refractivity contribution >= 4 is 27.3 Å². The van der Waals surface area contributed by atoms with Crippen LogP contribution in [-0.2, 0) is 16.2 Å². The molecule has 0 spiro atoms. The van der Waals surface area contributed by atoms with Crippen LogP contribution in [0.5, 0.6) is 0 Å². The first-order valence-corrected chi connectivity index (χ1v) is 12.4. The Balaban J connectivity index is 1.44. The van der Waals surface area contributed by atoms with Crippen LogP contribution in [0, 0.1) is 6.92 Å². The van der Waals surface area contributed by atoms with Crippen LogP contribution in [0.3, 0.4) is 0 Å². The third-order valence-corrected chi connectivity index (χ3v) is 7.79. The lowest BCUT2D eigenvalue weighted by Gasteiger charge is -2.35. The Morgan fingerprint density at radius 1 is 0.886 bits per heavy atom. The van der Waals surface area contributed by atoms with Crippen LogP contribution < -0.4 is 10.2 Å². The molecule has 1 aliphatic rings. The number of sulfonamides is 1. The number of halogens is 3. The first-order valence-electron chi connectivity index (χ1n) is 10.9. The molecule has 0 unspecified atom stereocenters. The van der Waals surface area contributed by atoms with Gasteiger partial charge in [-0.25, -0.2) is 8.42 Å². The van der Waals surface area contributed by atoms with Gasteiger partial charge in [0.15, 0.2) is 0 Å². The Bertz CT molecular complexity index is 1320. The topological polar surface area (TPSA) is 69.7 Å². The van der Waals surface area contributed by atoms with Gasteiger partial charge in [-0.1, -0.05) is 24.3 Å². The number of aryl methyl sites for hydroxylation is 1. The standard InChI is InChI=1S/C25H24F3N3O3S/c1-18-16-22(10-11-23(18)29-24(32)19-6-3-2-4-7-19)35(33,34)31-14-12-30(13-15-31)21-9-5-8-20(17-21)25(26,27)28/h2-11,16-17H,12-15H2,1H3,(H,29,32). The Labute approximate surface area is 202 Å². The number of carbonyl (C=O) groups excluding carboxylic acids is 1. The zero-order valence-electron chi connectivity index (χ0n) is 18.9. The van der Waals surface area contributed by atoms with Crippen molar-refractivity contribution in [2.75, 3.05) is 36.4 Å². The molecule has 10 heteroatoms. The van der Waals surface area contributed by atoms with Crippen LogP contribution in [0.1, 0.15) is 21.5 Å². The molecule has 0 bridgehead atoms. The van der Waals surface area contributed by atoms with Crippen LogP contribution >= 0.6 is 0 Å². The quantitative estimate of drug-likeness (QED) is 0.544. The minimum Gasteiger partial charge on any atom is -0.369 e. The summed E-state index contributed by atoms with van der Waals surface area (Å²) in [6.07, 6.45) is -4.44. The van der Waals surface area contributed by atoms with Gasteiger partial charge in [0.2, 0.25) is 10.0 Å². The van der Waals surface area contributed by atoms with Gasteiger partial charge in [-0.2, -0.15) is 17.5 Å². The summed E-state index contributed by atoms with van der Waals surface area (Å²) >= 11 is 0. The van der Waals surface area contributed by atoms with Crippen molar-refractivity contribution in [2.24, 2.45) is 0 Å². The number of nitrogens with zero attached hydrogens (tertiary/aromatic N) is 2. The number of rotatable bonds is 5. The summed E-state index contributed by atoms with van der Waals surface area (Å²) in [5.41, 5.74) is 1.26. The number of anilines is 2. The molecule has 0 radical (unpaired) electrons. The average Bonchev–Trinajstić information content (AvgIpc) is 2.85. The molecule has 0 atom stereocenters. The van der Waals surface area contributed by atoms with Crippen LogP contribution in [0.15, 0.2) is 77.7 Å². The van der Waals surface area contributed by atoms with Gasteiger partial charge in [0.25, 0.3) is 5.91 Å². The SMILES string of the molecule is Cc1cc(S(=O)(=O)N2CCN(c3cccc(C(F)(F)F)c3)CC2)ccc1NC(=O)c1ccccc1. The molecule has 0 aliphatic carbocycles. The molecule has 35 heavy (non-hydrogen) atoms. The van der Waals surface area contributed by atoms with Crippen molar-refractivity contribution in [3.05, 3.63) is 89.5 Å². The fraction of sp³-hybridized carbons (Fsp3) is 0.240. The molecule has 1 saturated heterocycles. The second-order valence-corrected chi connectivity index (χ2v) is 10.2. The first-order chi connectivity index (χ1) is 16.6. The highest BCUT2D eigenvalue weighted by Gasteiger charge is 2.32. The largest absolute Gasteiger partial charge is 0.416 e. The summed E-state index contributed by atoms with van der Waals surface area (Å²) < 4.78 is 66.8. The van der Waals surface area contributed by atoms with Crippen molar-refractivity contribution in [3.8, 4) is 0 Å².